The van der Waals surface area contributed by atoms with E-state index in [1.54, 1.807) is 18.2 Å². The second-order valence-electron chi connectivity index (χ2n) is 9.19. The maximum absolute atomic E-state index is 12.4. The zero-order valence-electron chi connectivity index (χ0n) is 18.1. The number of esters is 1. The summed E-state index contributed by atoms with van der Waals surface area (Å²) in [6.07, 6.45) is 7.01. The number of benzene rings is 1. The fourth-order valence-corrected chi connectivity index (χ4v) is 5.99. The van der Waals surface area contributed by atoms with Crippen LogP contribution in [0.5, 0.6) is 11.5 Å². The molecule has 0 saturated heterocycles. The minimum absolute atomic E-state index is 0.113. The van der Waals surface area contributed by atoms with E-state index in [9.17, 15) is 14.4 Å². The van der Waals surface area contributed by atoms with Crippen LogP contribution >= 0.6 is 0 Å². The highest BCUT2D eigenvalue weighted by Crippen LogP contribution is 2.55. The lowest BCUT2D eigenvalue weighted by Crippen LogP contribution is -2.60. The first-order chi connectivity index (χ1) is 14.9. The van der Waals surface area contributed by atoms with Gasteiger partial charge in [0.1, 0.15) is 18.0 Å². The summed E-state index contributed by atoms with van der Waals surface area (Å²) >= 11 is 0. The van der Waals surface area contributed by atoms with Crippen molar-refractivity contribution in [3.05, 3.63) is 23.8 Å². The minimum Gasteiger partial charge on any atom is -0.497 e. The third-order valence-electron chi connectivity index (χ3n) is 6.81. The van der Waals surface area contributed by atoms with Crippen molar-refractivity contribution in [2.45, 2.75) is 44.1 Å². The van der Waals surface area contributed by atoms with Crippen LogP contribution in [0.4, 0.5) is 0 Å². The van der Waals surface area contributed by atoms with Crippen LogP contribution in [0.1, 0.15) is 48.9 Å². The van der Waals surface area contributed by atoms with Gasteiger partial charge in [0, 0.05) is 17.2 Å². The number of nitrogens with one attached hydrogen (secondary N) is 2. The van der Waals surface area contributed by atoms with Crippen LogP contribution in [0.15, 0.2) is 18.2 Å². The molecule has 0 unspecified atom stereocenters. The Balaban J connectivity index is 1.22. The van der Waals surface area contributed by atoms with Crippen molar-refractivity contribution >= 4 is 17.8 Å². The van der Waals surface area contributed by atoms with Crippen LogP contribution in [-0.2, 0) is 14.3 Å². The molecule has 5 rings (SSSR count). The quantitative estimate of drug-likeness (QED) is 0.612. The van der Waals surface area contributed by atoms with Crippen molar-refractivity contribution in [2.75, 3.05) is 27.4 Å². The van der Waals surface area contributed by atoms with E-state index in [1.165, 1.54) is 33.5 Å². The molecular formula is C23H30N2O6. The lowest BCUT2D eigenvalue weighted by molar-refractivity contribution is -0.149. The van der Waals surface area contributed by atoms with Crippen molar-refractivity contribution in [3.63, 3.8) is 0 Å². The maximum Gasteiger partial charge on any atom is 0.325 e. The molecule has 0 atom stereocenters. The summed E-state index contributed by atoms with van der Waals surface area (Å²) in [6.45, 7) is -0.660. The molecular weight excluding hydrogens is 400 g/mol. The van der Waals surface area contributed by atoms with Crippen molar-refractivity contribution in [1.82, 2.24) is 10.6 Å². The molecule has 4 saturated carbocycles. The van der Waals surface area contributed by atoms with Crippen LogP contribution in [0.2, 0.25) is 0 Å². The number of carbonyl (C=O) groups excluding carboxylic acids is 3. The number of ether oxygens (including phenoxy) is 3. The summed E-state index contributed by atoms with van der Waals surface area (Å²) in [5.41, 5.74) is 0.182. The van der Waals surface area contributed by atoms with Crippen molar-refractivity contribution in [1.29, 1.82) is 0 Å². The van der Waals surface area contributed by atoms with Gasteiger partial charge in [0.15, 0.2) is 6.61 Å². The van der Waals surface area contributed by atoms with Crippen LogP contribution in [-0.4, -0.2) is 50.7 Å². The van der Waals surface area contributed by atoms with Crippen LogP contribution in [0.25, 0.3) is 0 Å². The number of hydrogen-bond donors (Lipinski definition) is 2. The summed E-state index contributed by atoms with van der Waals surface area (Å²) in [4.78, 5) is 36.8. The molecule has 8 nitrogen and oxygen atoms in total. The topological polar surface area (TPSA) is 103 Å². The molecule has 4 bridgehead atoms. The van der Waals surface area contributed by atoms with E-state index >= 15 is 0 Å². The molecule has 31 heavy (non-hydrogen) atoms. The molecule has 0 aliphatic heterocycles. The monoisotopic (exact) mass is 430 g/mol. The highest BCUT2D eigenvalue weighted by atomic mass is 16.5. The number of methoxy groups -OCH3 is 2. The standard InChI is InChI=1S/C23H30N2O6/c1-29-18-6-17(7-19(8-18)30-2)22(28)24-12-21(27)31-13-20(26)25-23-9-14-3-15(10-23)5-16(4-14)11-23/h6-8,14-16H,3-5,9-13H2,1-2H3,(H,24,28)(H,25,26). The second kappa shape index (κ2) is 8.77. The average molecular weight is 431 g/mol. The van der Waals surface area contributed by atoms with Gasteiger partial charge in [-0.15, -0.1) is 0 Å². The lowest BCUT2D eigenvalue weighted by Gasteiger charge is -2.56. The predicted molar refractivity (Wildman–Crippen MR) is 112 cm³/mol. The van der Waals surface area contributed by atoms with Gasteiger partial charge in [0.2, 0.25) is 0 Å². The molecule has 2 N–H and O–H groups in total. The van der Waals surface area contributed by atoms with Gasteiger partial charge in [-0.2, -0.15) is 0 Å². The highest BCUT2D eigenvalue weighted by molar-refractivity contribution is 5.96. The molecule has 4 aliphatic rings. The third kappa shape index (κ3) is 4.94. The second-order valence-corrected chi connectivity index (χ2v) is 9.19. The molecule has 2 amide bonds. The maximum atomic E-state index is 12.4. The zero-order chi connectivity index (χ0) is 22.0. The SMILES string of the molecule is COc1cc(OC)cc(C(=O)NCC(=O)OCC(=O)NC23CC4CC(CC(C4)C2)C3)c1. The predicted octanol–water partition coefficient (Wildman–Crippen LogP) is 2.06. The Labute approximate surface area is 182 Å². The third-order valence-corrected chi connectivity index (χ3v) is 6.81. The van der Waals surface area contributed by atoms with E-state index in [0.717, 1.165) is 37.0 Å². The highest BCUT2D eigenvalue weighted by Gasteiger charge is 2.51. The largest absolute Gasteiger partial charge is 0.497 e. The molecule has 0 aromatic heterocycles. The fraction of sp³-hybridized carbons (Fsp3) is 0.609. The number of hydrogen-bond acceptors (Lipinski definition) is 6. The molecule has 0 heterocycles. The first-order valence-corrected chi connectivity index (χ1v) is 10.9. The summed E-state index contributed by atoms with van der Waals surface area (Å²) in [5, 5.41) is 5.66. The van der Waals surface area contributed by atoms with E-state index in [4.69, 9.17) is 14.2 Å². The Morgan fingerprint density at radius 2 is 1.48 bits per heavy atom. The summed E-state index contributed by atoms with van der Waals surface area (Å²) in [6, 6.07) is 4.73. The first kappa shape index (κ1) is 21.5. The number of carbonyl (C=O) groups is 3. The van der Waals surface area contributed by atoms with Crippen molar-refractivity contribution < 1.29 is 28.6 Å². The van der Waals surface area contributed by atoms with Gasteiger partial charge in [-0.3, -0.25) is 14.4 Å². The van der Waals surface area contributed by atoms with Gasteiger partial charge in [-0.1, -0.05) is 0 Å². The van der Waals surface area contributed by atoms with Crippen LogP contribution < -0.4 is 20.1 Å². The summed E-state index contributed by atoms with van der Waals surface area (Å²) in [5.74, 6) is 1.70. The molecule has 0 spiro atoms. The first-order valence-electron chi connectivity index (χ1n) is 10.9. The van der Waals surface area contributed by atoms with Crippen LogP contribution in [0, 0.1) is 17.8 Å². The van der Waals surface area contributed by atoms with E-state index in [2.05, 4.69) is 10.6 Å². The smallest absolute Gasteiger partial charge is 0.325 e. The molecule has 0 radical (unpaired) electrons. The van der Waals surface area contributed by atoms with E-state index in [0.29, 0.717) is 17.1 Å². The van der Waals surface area contributed by atoms with Crippen molar-refractivity contribution in [2.24, 2.45) is 17.8 Å². The summed E-state index contributed by atoms with van der Waals surface area (Å²) in [7, 11) is 2.98. The normalized spacial score (nSPS) is 28.0. The molecule has 4 fully saturated rings. The minimum atomic E-state index is -0.663. The van der Waals surface area contributed by atoms with Gasteiger partial charge < -0.3 is 24.8 Å². The van der Waals surface area contributed by atoms with Crippen LogP contribution in [0.3, 0.4) is 0 Å². The van der Waals surface area contributed by atoms with Gasteiger partial charge in [0.25, 0.3) is 11.8 Å². The van der Waals surface area contributed by atoms with Gasteiger partial charge in [-0.05, 0) is 68.4 Å². The fourth-order valence-electron chi connectivity index (χ4n) is 5.99. The van der Waals surface area contributed by atoms with E-state index in [-0.39, 0.29) is 24.6 Å². The lowest BCUT2D eigenvalue weighted by atomic mass is 9.53. The molecule has 168 valence electrons. The average Bonchev–Trinajstić information content (AvgIpc) is 2.74. The Morgan fingerprint density at radius 1 is 0.935 bits per heavy atom. The number of amides is 2. The Kier molecular flexibility index (Phi) is 6.07. The van der Waals surface area contributed by atoms with Gasteiger partial charge in [0.05, 0.1) is 14.2 Å². The molecule has 8 heteroatoms. The van der Waals surface area contributed by atoms with Gasteiger partial charge in [-0.25, -0.2) is 0 Å². The van der Waals surface area contributed by atoms with E-state index in [1.807, 2.05) is 0 Å². The number of rotatable bonds is 8. The van der Waals surface area contributed by atoms with Crippen molar-refractivity contribution in [3.8, 4) is 11.5 Å². The Bertz CT molecular complexity index is 810. The Hall–Kier alpha value is -2.77. The molecule has 1 aromatic rings. The Morgan fingerprint density at radius 3 is 2.00 bits per heavy atom. The van der Waals surface area contributed by atoms with E-state index < -0.39 is 11.9 Å². The molecule has 4 aliphatic carbocycles. The summed E-state index contributed by atoms with van der Waals surface area (Å²) < 4.78 is 15.4. The van der Waals surface area contributed by atoms with Gasteiger partial charge >= 0.3 is 5.97 Å². The zero-order valence-corrected chi connectivity index (χ0v) is 18.1. The molecule has 1 aromatic carbocycles.